The third-order valence-electron chi connectivity index (χ3n) is 5.42. The summed E-state index contributed by atoms with van der Waals surface area (Å²) in [6, 6.07) is 13.9. The molecule has 1 aliphatic heterocycles. The number of hydrogen-bond donors (Lipinski definition) is 5. The molecule has 0 spiro atoms. The van der Waals surface area contributed by atoms with Gasteiger partial charge in [-0.05, 0) is 30.5 Å². The standard InChI is InChI=1S/C25H30N4O6/c30-16-20-25(34)27-13-14-35-21-11-5-4-10-18(21)23(32)29-19(15-22(31)28-20)24(33)26-12-6-9-17-7-2-1-3-8-17/h1-5,7-8,10-11,19-20,30H,6,9,12-16H2,(H,26,33)(H,27,34)(H,28,31)(H,29,32)/t19-,20-/m0/s1. The Morgan fingerprint density at radius 1 is 1.03 bits per heavy atom. The van der Waals surface area contributed by atoms with Crippen LogP contribution in [0.25, 0.3) is 0 Å². The number of nitrogens with one attached hydrogen (secondary N) is 4. The molecule has 10 heteroatoms. The van der Waals surface area contributed by atoms with Crippen molar-refractivity contribution in [2.45, 2.75) is 31.3 Å². The Kier molecular flexibility index (Phi) is 9.61. The van der Waals surface area contributed by atoms with Crippen molar-refractivity contribution in [3.8, 4) is 5.75 Å². The van der Waals surface area contributed by atoms with Crippen LogP contribution in [-0.2, 0) is 20.8 Å². The zero-order valence-electron chi connectivity index (χ0n) is 19.3. The maximum Gasteiger partial charge on any atom is 0.255 e. The number of para-hydroxylation sites is 1. The van der Waals surface area contributed by atoms with Crippen LogP contribution < -0.4 is 26.0 Å². The lowest BCUT2D eigenvalue weighted by molar-refractivity contribution is -0.131. The fourth-order valence-electron chi connectivity index (χ4n) is 3.59. The highest BCUT2D eigenvalue weighted by atomic mass is 16.5. The normalized spacial score (nSPS) is 19.2. The topological polar surface area (TPSA) is 146 Å². The number of carbonyl (C=O) groups excluding carboxylic acids is 4. The van der Waals surface area contributed by atoms with Gasteiger partial charge in [-0.15, -0.1) is 0 Å². The molecule has 0 aliphatic carbocycles. The number of fused-ring (bicyclic) bond motifs is 1. The molecule has 10 nitrogen and oxygen atoms in total. The number of aliphatic hydroxyl groups is 1. The Hall–Kier alpha value is -3.92. The second kappa shape index (κ2) is 13.1. The molecule has 1 heterocycles. The molecule has 5 N–H and O–H groups in total. The third kappa shape index (κ3) is 7.82. The van der Waals surface area contributed by atoms with E-state index >= 15 is 0 Å². The number of hydrogen-bond acceptors (Lipinski definition) is 6. The molecule has 2 aromatic carbocycles. The zero-order valence-corrected chi connectivity index (χ0v) is 19.3. The Morgan fingerprint density at radius 2 is 1.77 bits per heavy atom. The smallest absolute Gasteiger partial charge is 0.255 e. The van der Waals surface area contributed by atoms with Gasteiger partial charge in [-0.3, -0.25) is 19.2 Å². The van der Waals surface area contributed by atoms with Gasteiger partial charge in [0.1, 0.15) is 24.4 Å². The van der Waals surface area contributed by atoms with Crippen LogP contribution in [0, 0.1) is 0 Å². The molecule has 0 fully saturated rings. The first-order valence-electron chi connectivity index (χ1n) is 11.5. The summed E-state index contributed by atoms with van der Waals surface area (Å²) in [6.07, 6.45) is 1.02. The Balaban J connectivity index is 1.72. The molecule has 0 unspecified atom stereocenters. The van der Waals surface area contributed by atoms with Gasteiger partial charge in [0.05, 0.1) is 25.1 Å². The highest BCUT2D eigenvalue weighted by molar-refractivity contribution is 6.01. The number of aliphatic hydroxyl groups excluding tert-OH is 1. The number of benzene rings is 2. The third-order valence-corrected chi connectivity index (χ3v) is 5.42. The molecule has 4 amide bonds. The fourth-order valence-corrected chi connectivity index (χ4v) is 3.59. The summed E-state index contributed by atoms with van der Waals surface area (Å²) in [5.74, 6) is -2.07. The summed E-state index contributed by atoms with van der Waals surface area (Å²) in [7, 11) is 0. The van der Waals surface area contributed by atoms with Gasteiger partial charge in [0.25, 0.3) is 5.91 Å². The average Bonchev–Trinajstić information content (AvgIpc) is 2.87. The molecule has 0 aromatic heterocycles. The largest absolute Gasteiger partial charge is 0.491 e. The van der Waals surface area contributed by atoms with Crippen molar-refractivity contribution in [1.82, 2.24) is 21.3 Å². The van der Waals surface area contributed by atoms with E-state index in [0.717, 1.165) is 12.0 Å². The van der Waals surface area contributed by atoms with E-state index in [0.29, 0.717) is 13.0 Å². The van der Waals surface area contributed by atoms with Crippen LogP contribution in [-0.4, -0.2) is 67.1 Å². The van der Waals surface area contributed by atoms with E-state index in [1.165, 1.54) is 0 Å². The number of ether oxygens (including phenoxy) is 1. The molecule has 35 heavy (non-hydrogen) atoms. The van der Waals surface area contributed by atoms with Crippen molar-refractivity contribution < 1.29 is 29.0 Å². The van der Waals surface area contributed by atoms with Crippen molar-refractivity contribution >= 4 is 23.6 Å². The highest BCUT2D eigenvalue weighted by Gasteiger charge is 2.28. The molecule has 1 aliphatic rings. The summed E-state index contributed by atoms with van der Waals surface area (Å²) in [4.78, 5) is 50.7. The van der Waals surface area contributed by atoms with Crippen molar-refractivity contribution in [3.63, 3.8) is 0 Å². The summed E-state index contributed by atoms with van der Waals surface area (Å²) < 4.78 is 5.63. The van der Waals surface area contributed by atoms with Gasteiger partial charge >= 0.3 is 0 Å². The van der Waals surface area contributed by atoms with E-state index in [1.807, 2.05) is 30.3 Å². The summed E-state index contributed by atoms with van der Waals surface area (Å²) in [5.41, 5.74) is 1.34. The Bertz CT molecular complexity index is 1030. The van der Waals surface area contributed by atoms with E-state index in [1.54, 1.807) is 24.3 Å². The van der Waals surface area contributed by atoms with Gasteiger partial charge < -0.3 is 31.1 Å². The first-order valence-corrected chi connectivity index (χ1v) is 11.5. The van der Waals surface area contributed by atoms with Crippen LogP contribution in [0.3, 0.4) is 0 Å². The molecular formula is C25H30N4O6. The van der Waals surface area contributed by atoms with E-state index in [2.05, 4.69) is 21.3 Å². The van der Waals surface area contributed by atoms with Crippen LogP contribution in [0.15, 0.2) is 54.6 Å². The predicted molar refractivity (Wildman–Crippen MR) is 128 cm³/mol. The number of rotatable bonds is 6. The molecule has 2 aromatic rings. The zero-order chi connectivity index (χ0) is 25.0. The maximum atomic E-state index is 13.0. The summed E-state index contributed by atoms with van der Waals surface area (Å²) >= 11 is 0. The fraction of sp³-hybridized carbons (Fsp3) is 0.360. The molecule has 3 rings (SSSR count). The monoisotopic (exact) mass is 482 g/mol. The van der Waals surface area contributed by atoms with Crippen molar-refractivity contribution in [1.29, 1.82) is 0 Å². The first kappa shape index (κ1) is 25.7. The van der Waals surface area contributed by atoms with Crippen LogP contribution in [0.1, 0.15) is 28.8 Å². The molecule has 0 radical (unpaired) electrons. The predicted octanol–water partition coefficient (Wildman–Crippen LogP) is -0.0902. The quantitative estimate of drug-likeness (QED) is 0.364. The van der Waals surface area contributed by atoms with Gasteiger partial charge in [0.15, 0.2) is 0 Å². The minimum atomic E-state index is -1.20. The van der Waals surface area contributed by atoms with Gasteiger partial charge in [0, 0.05) is 6.54 Å². The summed E-state index contributed by atoms with van der Waals surface area (Å²) in [5, 5.41) is 19.8. The molecule has 186 valence electrons. The lowest BCUT2D eigenvalue weighted by Crippen LogP contribution is -2.53. The molecular weight excluding hydrogens is 452 g/mol. The molecule has 0 bridgehead atoms. The van der Waals surface area contributed by atoms with E-state index in [4.69, 9.17) is 4.74 Å². The summed E-state index contributed by atoms with van der Waals surface area (Å²) in [6.45, 7) is -0.102. The Labute approximate surface area is 203 Å². The van der Waals surface area contributed by atoms with Crippen molar-refractivity contribution in [3.05, 3.63) is 65.7 Å². The van der Waals surface area contributed by atoms with Gasteiger partial charge in [-0.1, -0.05) is 42.5 Å². The van der Waals surface area contributed by atoms with Gasteiger partial charge in [-0.25, -0.2) is 0 Å². The SMILES string of the molecule is O=C1C[C@@H](C(=O)NCCCc2ccccc2)NC(=O)c2ccccc2OCCNC(=O)[C@H](CO)N1. The maximum absolute atomic E-state index is 13.0. The lowest BCUT2D eigenvalue weighted by Gasteiger charge is -2.22. The average molecular weight is 483 g/mol. The minimum absolute atomic E-state index is 0.0630. The van der Waals surface area contributed by atoms with Crippen molar-refractivity contribution in [2.24, 2.45) is 0 Å². The van der Waals surface area contributed by atoms with Gasteiger partial charge in [0.2, 0.25) is 17.7 Å². The minimum Gasteiger partial charge on any atom is -0.491 e. The number of carbonyl (C=O) groups is 4. The highest BCUT2D eigenvalue weighted by Crippen LogP contribution is 2.18. The molecule has 2 atom stereocenters. The van der Waals surface area contributed by atoms with Crippen molar-refractivity contribution in [2.75, 3.05) is 26.3 Å². The second-order valence-electron chi connectivity index (χ2n) is 8.05. The first-order chi connectivity index (χ1) is 17.0. The lowest BCUT2D eigenvalue weighted by atomic mass is 10.1. The molecule has 0 saturated heterocycles. The van der Waals surface area contributed by atoms with Crippen LogP contribution in [0.4, 0.5) is 0 Å². The number of aryl methyl sites for hydroxylation is 1. The van der Waals surface area contributed by atoms with E-state index in [-0.39, 0.29) is 24.5 Å². The van der Waals surface area contributed by atoms with Crippen LogP contribution in [0.2, 0.25) is 0 Å². The van der Waals surface area contributed by atoms with E-state index in [9.17, 15) is 24.3 Å². The molecule has 0 saturated carbocycles. The van der Waals surface area contributed by atoms with Crippen LogP contribution in [0.5, 0.6) is 5.75 Å². The Morgan fingerprint density at radius 3 is 2.54 bits per heavy atom. The van der Waals surface area contributed by atoms with E-state index < -0.39 is 48.7 Å². The second-order valence-corrected chi connectivity index (χ2v) is 8.05. The van der Waals surface area contributed by atoms with Gasteiger partial charge in [-0.2, -0.15) is 0 Å². The number of amides is 4. The van der Waals surface area contributed by atoms with Crippen LogP contribution >= 0.6 is 0 Å².